The van der Waals surface area contributed by atoms with Gasteiger partial charge < -0.3 is 25.0 Å². The number of aromatic hydroxyl groups is 1. The maximum atomic E-state index is 12.3. The van der Waals surface area contributed by atoms with Gasteiger partial charge in [-0.3, -0.25) is 4.79 Å². The van der Waals surface area contributed by atoms with E-state index in [9.17, 15) is 19.8 Å². The zero-order chi connectivity index (χ0) is 23.0. The van der Waals surface area contributed by atoms with E-state index in [-0.39, 0.29) is 0 Å². The summed E-state index contributed by atoms with van der Waals surface area (Å²) in [5.41, 5.74) is 1.79. The number of carbonyl (C=O) groups is 1. The highest BCUT2D eigenvalue weighted by molar-refractivity contribution is 5.92. The molecule has 2 aliphatic rings. The fraction of sp³-hybridized carbons (Fsp3) is 0.520. The fourth-order valence-corrected chi connectivity index (χ4v) is 5.92. The minimum absolute atomic E-state index is 0.347. The van der Waals surface area contributed by atoms with Crippen molar-refractivity contribution in [2.45, 2.75) is 39.0 Å². The van der Waals surface area contributed by atoms with Gasteiger partial charge in [-0.1, -0.05) is 31.9 Å². The van der Waals surface area contributed by atoms with Gasteiger partial charge in [0.05, 0.1) is 5.69 Å². The first-order chi connectivity index (χ1) is 15.3. The Balaban J connectivity index is 1.63. The van der Waals surface area contributed by atoms with Gasteiger partial charge in [-0.2, -0.15) is 0 Å². The molecule has 32 heavy (non-hydrogen) atoms. The van der Waals surface area contributed by atoms with Gasteiger partial charge in [0.1, 0.15) is 5.75 Å². The summed E-state index contributed by atoms with van der Waals surface area (Å²) in [5, 5.41) is 19.7. The van der Waals surface area contributed by atoms with E-state index in [4.69, 9.17) is 0 Å². The summed E-state index contributed by atoms with van der Waals surface area (Å²) in [6.07, 6.45) is 5.59. The Kier molecular flexibility index (Phi) is 6.03. The number of nitrogens with zero attached hydrogens (tertiary/aromatic N) is 2. The van der Waals surface area contributed by atoms with Gasteiger partial charge in [0.25, 0.3) is 5.56 Å². The molecule has 0 bridgehead atoms. The van der Waals surface area contributed by atoms with Crippen molar-refractivity contribution in [2.24, 2.45) is 11.3 Å². The number of anilines is 1. The molecule has 172 valence electrons. The second-order valence-corrected chi connectivity index (χ2v) is 9.66. The Morgan fingerprint density at radius 3 is 2.59 bits per heavy atom. The number of pyridine rings is 1. The molecule has 1 aliphatic heterocycles. The van der Waals surface area contributed by atoms with Crippen molar-refractivity contribution in [3.05, 3.63) is 45.7 Å². The normalized spacial score (nSPS) is 22.9. The van der Waals surface area contributed by atoms with E-state index in [1.165, 1.54) is 25.7 Å². The Labute approximate surface area is 188 Å². The van der Waals surface area contributed by atoms with Crippen LogP contribution in [0.4, 0.5) is 5.69 Å². The van der Waals surface area contributed by atoms with E-state index in [1.807, 2.05) is 19.1 Å². The highest BCUT2D eigenvalue weighted by Crippen LogP contribution is 2.48. The number of fused-ring (bicyclic) bond motifs is 1. The Morgan fingerprint density at radius 2 is 1.97 bits per heavy atom. The molecule has 1 aromatic heterocycles. The van der Waals surface area contributed by atoms with E-state index < -0.39 is 22.8 Å². The van der Waals surface area contributed by atoms with Crippen LogP contribution in [0.1, 0.15) is 48.5 Å². The standard InChI is InChI=1S/C25H33N3O4/c1-4-19-21(26-23(30)20(22(19)29)24(31)32)16-8-10-18(11-9-16)28-13-17-7-5-6-12-25(17,15-28)14-27(2)3/h8-11,17H,4-7,12-15H2,1-3H3,(H,31,32)(H2,26,29,30)/t17-,25-/m1/s1. The van der Waals surface area contributed by atoms with Gasteiger partial charge in [0, 0.05) is 36.3 Å². The van der Waals surface area contributed by atoms with Crippen molar-refractivity contribution in [2.75, 3.05) is 38.6 Å². The third-order valence-corrected chi connectivity index (χ3v) is 7.30. The molecule has 3 N–H and O–H groups in total. The smallest absolute Gasteiger partial charge is 0.345 e. The molecular formula is C25H33N3O4. The summed E-state index contributed by atoms with van der Waals surface area (Å²) in [4.78, 5) is 31.1. The monoisotopic (exact) mass is 439 g/mol. The van der Waals surface area contributed by atoms with Crippen molar-refractivity contribution in [1.82, 2.24) is 9.88 Å². The number of rotatable bonds is 6. The molecule has 1 saturated heterocycles. The molecule has 0 radical (unpaired) electrons. The molecule has 4 rings (SSSR count). The van der Waals surface area contributed by atoms with Crippen LogP contribution in [0.3, 0.4) is 0 Å². The molecule has 2 fully saturated rings. The largest absolute Gasteiger partial charge is 0.506 e. The number of carboxylic acids is 1. The van der Waals surface area contributed by atoms with Crippen LogP contribution >= 0.6 is 0 Å². The van der Waals surface area contributed by atoms with Crippen LogP contribution in [0.5, 0.6) is 5.75 Å². The average Bonchev–Trinajstić information content (AvgIpc) is 3.11. The van der Waals surface area contributed by atoms with Crippen molar-refractivity contribution in [3.8, 4) is 17.0 Å². The molecule has 2 atom stereocenters. The lowest BCUT2D eigenvalue weighted by Gasteiger charge is -2.40. The molecular weight excluding hydrogens is 406 g/mol. The molecule has 0 unspecified atom stereocenters. The number of hydrogen-bond donors (Lipinski definition) is 3. The first-order valence-corrected chi connectivity index (χ1v) is 11.5. The topological polar surface area (TPSA) is 96.9 Å². The zero-order valence-corrected chi connectivity index (χ0v) is 19.1. The lowest BCUT2D eigenvalue weighted by molar-refractivity contribution is 0.0691. The van der Waals surface area contributed by atoms with Crippen LogP contribution < -0.4 is 10.5 Å². The molecule has 2 aromatic rings. The predicted octanol–water partition coefficient (Wildman–Crippen LogP) is 3.57. The molecule has 1 saturated carbocycles. The number of hydrogen-bond acceptors (Lipinski definition) is 5. The maximum absolute atomic E-state index is 12.3. The van der Waals surface area contributed by atoms with Gasteiger partial charge >= 0.3 is 5.97 Å². The summed E-state index contributed by atoms with van der Waals surface area (Å²) >= 11 is 0. The lowest BCUT2D eigenvalue weighted by atomic mass is 9.68. The second kappa shape index (κ2) is 8.62. The SMILES string of the molecule is CCc1c(-c2ccc(N3C[C@H]4CCCC[C@@]4(CN(C)C)C3)cc2)[nH]c(=O)c(C(=O)O)c1O. The molecule has 0 spiro atoms. The third-order valence-electron chi connectivity index (χ3n) is 7.30. The summed E-state index contributed by atoms with van der Waals surface area (Å²) in [6.45, 7) is 5.06. The molecule has 2 heterocycles. The number of aromatic nitrogens is 1. The van der Waals surface area contributed by atoms with Crippen molar-refractivity contribution < 1.29 is 15.0 Å². The minimum atomic E-state index is -1.43. The predicted molar refractivity (Wildman–Crippen MR) is 126 cm³/mol. The van der Waals surface area contributed by atoms with E-state index >= 15 is 0 Å². The van der Waals surface area contributed by atoms with E-state index in [0.717, 1.165) is 30.9 Å². The average molecular weight is 440 g/mol. The zero-order valence-electron chi connectivity index (χ0n) is 19.1. The van der Waals surface area contributed by atoms with Gasteiger partial charge in [-0.15, -0.1) is 0 Å². The summed E-state index contributed by atoms with van der Waals surface area (Å²) < 4.78 is 0. The maximum Gasteiger partial charge on any atom is 0.345 e. The van der Waals surface area contributed by atoms with Crippen LogP contribution in [0, 0.1) is 11.3 Å². The number of benzene rings is 1. The summed E-state index contributed by atoms with van der Waals surface area (Å²) in [7, 11) is 4.32. The molecule has 7 heteroatoms. The number of aromatic carboxylic acids is 1. The minimum Gasteiger partial charge on any atom is -0.506 e. The fourth-order valence-electron chi connectivity index (χ4n) is 5.92. The van der Waals surface area contributed by atoms with Crippen molar-refractivity contribution >= 4 is 11.7 Å². The van der Waals surface area contributed by atoms with Crippen LogP contribution in [-0.4, -0.2) is 59.8 Å². The molecule has 1 aromatic carbocycles. The first kappa shape index (κ1) is 22.4. The van der Waals surface area contributed by atoms with Crippen LogP contribution in [0.15, 0.2) is 29.1 Å². The van der Waals surface area contributed by atoms with Gasteiger partial charge in [-0.05, 0) is 57.0 Å². The molecule has 7 nitrogen and oxygen atoms in total. The van der Waals surface area contributed by atoms with Crippen molar-refractivity contribution in [1.29, 1.82) is 0 Å². The quantitative estimate of drug-likeness (QED) is 0.637. The van der Waals surface area contributed by atoms with E-state index in [0.29, 0.717) is 29.0 Å². The summed E-state index contributed by atoms with van der Waals surface area (Å²) in [6, 6.07) is 8.02. The van der Waals surface area contributed by atoms with Gasteiger partial charge in [0.15, 0.2) is 5.56 Å². The van der Waals surface area contributed by atoms with Crippen molar-refractivity contribution in [3.63, 3.8) is 0 Å². The first-order valence-electron chi connectivity index (χ1n) is 11.5. The number of aromatic amines is 1. The van der Waals surface area contributed by atoms with Crippen LogP contribution in [0.25, 0.3) is 11.3 Å². The molecule has 1 aliphatic carbocycles. The van der Waals surface area contributed by atoms with Gasteiger partial charge in [-0.25, -0.2) is 4.79 Å². The Hall–Kier alpha value is -2.80. The van der Waals surface area contributed by atoms with Crippen LogP contribution in [-0.2, 0) is 6.42 Å². The number of H-pyrrole nitrogens is 1. The third kappa shape index (κ3) is 3.90. The lowest BCUT2D eigenvalue weighted by Crippen LogP contribution is -2.42. The van der Waals surface area contributed by atoms with E-state index in [2.05, 4.69) is 41.0 Å². The highest BCUT2D eigenvalue weighted by atomic mass is 16.4. The second-order valence-electron chi connectivity index (χ2n) is 9.66. The highest BCUT2D eigenvalue weighted by Gasteiger charge is 2.47. The van der Waals surface area contributed by atoms with E-state index in [1.54, 1.807) is 0 Å². The Bertz CT molecular complexity index is 1060. The van der Waals surface area contributed by atoms with Crippen LogP contribution in [0.2, 0.25) is 0 Å². The van der Waals surface area contributed by atoms with Gasteiger partial charge in [0.2, 0.25) is 0 Å². The molecule has 0 amide bonds. The number of carboxylic acid groups (broad SMARTS) is 1. The Morgan fingerprint density at radius 1 is 1.25 bits per heavy atom. The summed E-state index contributed by atoms with van der Waals surface area (Å²) in [5.74, 6) is -1.17. The number of nitrogens with one attached hydrogen (secondary N) is 1.